The zero-order valence-electron chi connectivity index (χ0n) is 11.1. The molecule has 2 heteroatoms. The standard InChI is InChI=1S/C16H19NO/c1-12(13(2)16-6-4-5-11-17-16)14-7-9-15(18-3)10-8-14/h4-13H,1-3H3/t12-,13-/m1/s1. The van der Waals surface area contributed by atoms with Gasteiger partial charge < -0.3 is 4.74 Å². The van der Waals surface area contributed by atoms with Crippen molar-refractivity contribution in [2.75, 3.05) is 7.11 Å². The van der Waals surface area contributed by atoms with Crippen LogP contribution in [0.5, 0.6) is 5.75 Å². The van der Waals surface area contributed by atoms with E-state index in [1.165, 1.54) is 5.56 Å². The predicted molar refractivity (Wildman–Crippen MR) is 74.1 cm³/mol. The van der Waals surface area contributed by atoms with E-state index in [0.717, 1.165) is 11.4 Å². The first-order chi connectivity index (χ1) is 8.72. The molecule has 2 rings (SSSR count). The van der Waals surface area contributed by atoms with Crippen LogP contribution in [0.1, 0.15) is 36.9 Å². The second-order valence-electron chi connectivity index (χ2n) is 4.61. The molecule has 0 spiro atoms. The first kappa shape index (κ1) is 12.6. The van der Waals surface area contributed by atoms with Gasteiger partial charge in [-0.1, -0.05) is 32.0 Å². The average molecular weight is 241 g/mol. The third-order valence-corrected chi connectivity index (χ3v) is 3.55. The normalized spacial score (nSPS) is 13.9. The molecule has 94 valence electrons. The largest absolute Gasteiger partial charge is 0.497 e. The van der Waals surface area contributed by atoms with Crippen LogP contribution in [0.4, 0.5) is 0 Å². The van der Waals surface area contributed by atoms with Crippen LogP contribution in [0.15, 0.2) is 48.7 Å². The zero-order valence-corrected chi connectivity index (χ0v) is 11.1. The molecule has 2 nitrogen and oxygen atoms in total. The Bertz CT molecular complexity index is 478. The summed E-state index contributed by atoms with van der Waals surface area (Å²) in [5, 5.41) is 0. The molecule has 0 saturated carbocycles. The van der Waals surface area contributed by atoms with Crippen molar-refractivity contribution in [2.45, 2.75) is 25.7 Å². The monoisotopic (exact) mass is 241 g/mol. The summed E-state index contributed by atoms with van der Waals surface area (Å²) in [6.07, 6.45) is 1.85. The fourth-order valence-corrected chi connectivity index (χ4v) is 2.10. The van der Waals surface area contributed by atoms with Gasteiger partial charge in [-0.25, -0.2) is 0 Å². The Morgan fingerprint density at radius 3 is 2.22 bits per heavy atom. The molecule has 0 aliphatic rings. The molecule has 0 aliphatic heterocycles. The third-order valence-electron chi connectivity index (χ3n) is 3.55. The number of benzene rings is 1. The summed E-state index contributed by atoms with van der Waals surface area (Å²) >= 11 is 0. The summed E-state index contributed by atoms with van der Waals surface area (Å²) in [5.74, 6) is 1.74. The molecule has 0 bridgehead atoms. The Kier molecular flexibility index (Phi) is 3.98. The number of hydrogen-bond acceptors (Lipinski definition) is 2. The van der Waals surface area contributed by atoms with Crippen LogP contribution in [0.3, 0.4) is 0 Å². The van der Waals surface area contributed by atoms with Crippen LogP contribution < -0.4 is 4.74 Å². The maximum absolute atomic E-state index is 5.18. The van der Waals surface area contributed by atoms with Crippen molar-refractivity contribution in [1.29, 1.82) is 0 Å². The summed E-state index contributed by atoms with van der Waals surface area (Å²) in [7, 11) is 1.69. The lowest BCUT2D eigenvalue weighted by molar-refractivity contribution is 0.414. The number of rotatable bonds is 4. The van der Waals surface area contributed by atoms with E-state index in [9.17, 15) is 0 Å². The highest BCUT2D eigenvalue weighted by atomic mass is 16.5. The van der Waals surface area contributed by atoms with Crippen LogP contribution >= 0.6 is 0 Å². The Morgan fingerprint density at radius 1 is 0.944 bits per heavy atom. The van der Waals surface area contributed by atoms with E-state index in [1.807, 2.05) is 30.5 Å². The van der Waals surface area contributed by atoms with Gasteiger partial charge in [-0.3, -0.25) is 4.98 Å². The lowest BCUT2D eigenvalue weighted by Gasteiger charge is -2.20. The predicted octanol–water partition coefficient (Wildman–Crippen LogP) is 4.00. The number of methoxy groups -OCH3 is 1. The van der Waals surface area contributed by atoms with Crippen molar-refractivity contribution < 1.29 is 4.74 Å². The molecular weight excluding hydrogens is 222 g/mol. The van der Waals surface area contributed by atoms with Crippen molar-refractivity contribution in [2.24, 2.45) is 0 Å². The van der Waals surface area contributed by atoms with Crippen LogP contribution in [-0.4, -0.2) is 12.1 Å². The molecule has 0 fully saturated rings. The fourth-order valence-electron chi connectivity index (χ4n) is 2.10. The van der Waals surface area contributed by atoms with Gasteiger partial charge in [0.05, 0.1) is 7.11 Å². The smallest absolute Gasteiger partial charge is 0.118 e. The molecule has 2 atom stereocenters. The van der Waals surface area contributed by atoms with Gasteiger partial charge in [0.1, 0.15) is 5.75 Å². The molecule has 0 amide bonds. The van der Waals surface area contributed by atoms with Crippen molar-refractivity contribution in [3.63, 3.8) is 0 Å². The second-order valence-corrected chi connectivity index (χ2v) is 4.61. The lowest BCUT2D eigenvalue weighted by Crippen LogP contribution is -2.06. The summed E-state index contributed by atoms with van der Waals surface area (Å²) < 4.78 is 5.18. The molecule has 1 aromatic carbocycles. The fraction of sp³-hybridized carbons (Fsp3) is 0.312. The first-order valence-electron chi connectivity index (χ1n) is 6.27. The Labute approximate surface area is 109 Å². The van der Waals surface area contributed by atoms with Gasteiger partial charge in [0.15, 0.2) is 0 Å². The molecule has 0 aliphatic carbocycles. The number of nitrogens with zero attached hydrogens (tertiary/aromatic N) is 1. The van der Waals surface area contributed by atoms with Crippen molar-refractivity contribution in [3.05, 3.63) is 59.9 Å². The van der Waals surface area contributed by atoms with Gasteiger partial charge in [-0.2, -0.15) is 0 Å². The number of hydrogen-bond donors (Lipinski definition) is 0. The molecular formula is C16H19NO. The van der Waals surface area contributed by atoms with E-state index < -0.39 is 0 Å². The van der Waals surface area contributed by atoms with E-state index in [1.54, 1.807) is 7.11 Å². The van der Waals surface area contributed by atoms with Crippen molar-refractivity contribution >= 4 is 0 Å². The van der Waals surface area contributed by atoms with Gasteiger partial charge >= 0.3 is 0 Å². The van der Waals surface area contributed by atoms with Gasteiger partial charge in [0, 0.05) is 17.8 Å². The van der Waals surface area contributed by atoms with E-state index in [2.05, 4.69) is 37.0 Å². The molecule has 0 radical (unpaired) electrons. The molecule has 0 unspecified atom stereocenters. The van der Waals surface area contributed by atoms with Crippen LogP contribution in [-0.2, 0) is 0 Å². The Hall–Kier alpha value is -1.83. The molecule has 0 N–H and O–H groups in total. The summed E-state index contributed by atoms with van der Waals surface area (Å²) in [4.78, 5) is 4.43. The van der Waals surface area contributed by atoms with Crippen LogP contribution in [0, 0.1) is 0 Å². The highest BCUT2D eigenvalue weighted by Crippen LogP contribution is 2.31. The van der Waals surface area contributed by atoms with Crippen molar-refractivity contribution in [3.8, 4) is 5.75 Å². The van der Waals surface area contributed by atoms with E-state index >= 15 is 0 Å². The highest BCUT2D eigenvalue weighted by molar-refractivity contribution is 5.31. The number of aromatic nitrogens is 1. The molecule has 0 saturated heterocycles. The summed E-state index contributed by atoms with van der Waals surface area (Å²) in [5.41, 5.74) is 2.45. The second kappa shape index (κ2) is 5.67. The maximum atomic E-state index is 5.18. The third kappa shape index (κ3) is 2.70. The van der Waals surface area contributed by atoms with Gasteiger partial charge in [0.2, 0.25) is 0 Å². The molecule has 18 heavy (non-hydrogen) atoms. The quantitative estimate of drug-likeness (QED) is 0.807. The minimum absolute atomic E-state index is 0.402. The van der Waals surface area contributed by atoms with Gasteiger partial charge in [-0.05, 0) is 35.7 Å². The highest BCUT2D eigenvalue weighted by Gasteiger charge is 2.17. The van der Waals surface area contributed by atoms with Gasteiger partial charge in [0.25, 0.3) is 0 Å². The Balaban J connectivity index is 2.17. The first-order valence-corrected chi connectivity index (χ1v) is 6.27. The van der Waals surface area contributed by atoms with E-state index in [-0.39, 0.29) is 0 Å². The van der Waals surface area contributed by atoms with Crippen molar-refractivity contribution in [1.82, 2.24) is 4.98 Å². The van der Waals surface area contributed by atoms with Gasteiger partial charge in [-0.15, -0.1) is 0 Å². The minimum atomic E-state index is 0.402. The number of pyridine rings is 1. The molecule has 2 aromatic rings. The maximum Gasteiger partial charge on any atom is 0.118 e. The van der Waals surface area contributed by atoms with E-state index in [0.29, 0.717) is 11.8 Å². The summed E-state index contributed by atoms with van der Waals surface area (Å²) in [6, 6.07) is 14.4. The Morgan fingerprint density at radius 2 is 1.67 bits per heavy atom. The SMILES string of the molecule is COc1ccc([C@H](C)[C@@H](C)c2ccccn2)cc1. The zero-order chi connectivity index (χ0) is 13.0. The van der Waals surface area contributed by atoms with E-state index in [4.69, 9.17) is 4.74 Å². The van der Waals surface area contributed by atoms with Crippen LogP contribution in [0.25, 0.3) is 0 Å². The minimum Gasteiger partial charge on any atom is -0.497 e. The lowest BCUT2D eigenvalue weighted by atomic mass is 9.86. The number of ether oxygens (including phenoxy) is 1. The molecule has 1 heterocycles. The topological polar surface area (TPSA) is 22.1 Å². The molecule has 1 aromatic heterocycles. The van der Waals surface area contributed by atoms with Crippen LogP contribution in [0.2, 0.25) is 0 Å². The summed E-state index contributed by atoms with van der Waals surface area (Å²) in [6.45, 7) is 4.46. The average Bonchev–Trinajstić information content (AvgIpc) is 2.47.